The highest BCUT2D eigenvalue weighted by atomic mass is 15.0. The second-order valence-electron chi connectivity index (χ2n) is 14.5. The number of fused-ring (bicyclic) bond motifs is 5. The van der Waals surface area contributed by atoms with E-state index in [4.69, 9.17) is 9.97 Å². The number of hydrogen-bond donors (Lipinski definition) is 0. The maximum absolute atomic E-state index is 5.32. The van der Waals surface area contributed by atoms with Crippen LogP contribution in [0.5, 0.6) is 0 Å². The fourth-order valence-electron chi connectivity index (χ4n) is 9.02. The quantitative estimate of drug-likeness (QED) is 0.172. The number of para-hydroxylation sites is 3. The van der Waals surface area contributed by atoms with E-state index < -0.39 is 5.41 Å². The molecular formula is C53H35N3. The highest BCUT2D eigenvalue weighted by Crippen LogP contribution is 2.54. The molecule has 0 saturated carbocycles. The molecule has 0 saturated heterocycles. The second-order valence-corrected chi connectivity index (χ2v) is 14.5. The third-order valence-corrected chi connectivity index (χ3v) is 11.5. The summed E-state index contributed by atoms with van der Waals surface area (Å²) in [4.78, 5) is 10.6. The first kappa shape index (κ1) is 32.1. The predicted molar refractivity (Wildman–Crippen MR) is 230 cm³/mol. The van der Waals surface area contributed by atoms with Crippen LogP contribution in [0.3, 0.4) is 0 Å². The minimum atomic E-state index is -0.620. The van der Waals surface area contributed by atoms with E-state index in [2.05, 4.69) is 211 Å². The molecule has 262 valence electrons. The maximum atomic E-state index is 5.32. The van der Waals surface area contributed by atoms with Gasteiger partial charge in [-0.25, -0.2) is 9.97 Å². The fourth-order valence-corrected chi connectivity index (χ4v) is 9.02. The van der Waals surface area contributed by atoms with Crippen LogP contribution in [0.1, 0.15) is 22.3 Å². The molecule has 0 aliphatic carbocycles. The molecule has 1 aliphatic heterocycles. The highest BCUT2D eigenvalue weighted by Gasteiger charge is 2.45. The summed E-state index contributed by atoms with van der Waals surface area (Å²) in [5.41, 5.74) is 15.1. The molecule has 8 aromatic carbocycles. The van der Waals surface area contributed by atoms with Crippen LogP contribution < -0.4 is 0 Å². The molecule has 10 aromatic rings. The molecule has 0 bridgehead atoms. The minimum absolute atomic E-state index is 0.620. The zero-order valence-electron chi connectivity index (χ0n) is 30.5. The van der Waals surface area contributed by atoms with Crippen molar-refractivity contribution >= 4 is 21.8 Å². The average molecular weight is 714 g/mol. The Hall–Kier alpha value is -7.36. The summed E-state index contributed by atoms with van der Waals surface area (Å²) >= 11 is 0. The van der Waals surface area contributed by atoms with Crippen molar-refractivity contribution in [1.29, 1.82) is 0 Å². The van der Waals surface area contributed by atoms with Crippen LogP contribution in [-0.4, -0.2) is 14.5 Å². The summed E-state index contributed by atoms with van der Waals surface area (Å²) in [6.07, 6.45) is 0. The molecule has 3 nitrogen and oxygen atoms in total. The zero-order chi connectivity index (χ0) is 37.1. The van der Waals surface area contributed by atoms with Crippen molar-refractivity contribution in [1.82, 2.24) is 14.5 Å². The SMILES string of the molecule is c1ccc(-c2ccc(-c3cc(-c4ccccc4)nc(-c4cccc(C5(c6ccccc6)c6ccccc6-n6c7ccccc7c7cccc5c76)c4)n3)cc2)cc1. The molecule has 3 heteroatoms. The third kappa shape index (κ3) is 4.91. The molecule has 0 amide bonds. The zero-order valence-corrected chi connectivity index (χ0v) is 30.5. The smallest absolute Gasteiger partial charge is 0.160 e. The Balaban J connectivity index is 1.15. The summed E-state index contributed by atoms with van der Waals surface area (Å²) in [6.45, 7) is 0. The molecule has 0 fully saturated rings. The van der Waals surface area contributed by atoms with Crippen LogP contribution in [-0.2, 0) is 5.41 Å². The molecule has 56 heavy (non-hydrogen) atoms. The van der Waals surface area contributed by atoms with Crippen molar-refractivity contribution in [2.45, 2.75) is 5.41 Å². The van der Waals surface area contributed by atoms with Gasteiger partial charge in [0.15, 0.2) is 5.82 Å². The summed E-state index contributed by atoms with van der Waals surface area (Å²) in [7, 11) is 0. The molecule has 11 rings (SSSR count). The summed E-state index contributed by atoms with van der Waals surface area (Å²) in [6, 6.07) is 76.2. The Bertz CT molecular complexity index is 3060. The summed E-state index contributed by atoms with van der Waals surface area (Å²) in [5, 5.41) is 2.51. The van der Waals surface area contributed by atoms with E-state index in [-0.39, 0.29) is 0 Å². The van der Waals surface area contributed by atoms with Gasteiger partial charge in [-0.05, 0) is 57.6 Å². The van der Waals surface area contributed by atoms with Gasteiger partial charge in [-0.1, -0.05) is 188 Å². The van der Waals surface area contributed by atoms with E-state index in [0.29, 0.717) is 5.82 Å². The second kappa shape index (κ2) is 12.9. The molecule has 0 radical (unpaired) electrons. The van der Waals surface area contributed by atoms with Crippen LogP contribution in [0.25, 0.3) is 72.5 Å². The van der Waals surface area contributed by atoms with Gasteiger partial charge in [-0.15, -0.1) is 0 Å². The van der Waals surface area contributed by atoms with Gasteiger partial charge in [0.2, 0.25) is 0 Å². The Morgan fingerprint density at radius 2 is 0.875 bits per heavy atom. The van der Waals surface area contributed by atoms with E-state index in [1.54, 1.807) is 0 Å². The molecular weight excluding hydrogens is 679 g/mol. The van der Waals surface area contributed by atoms with Crippen LogP contribution >= 0.6 is 0 Å². The van der Waals surface area contributed by atoms with E-state index in [0.717, 1.165) is 28.1 Å². The largest absolute Gasteiger partial charge is 0.309 e. The Kier molecular flexibility index (Phi) is 7.39. The van der Waals surface area contributed by atoms with E-state index >= 15 is 0 Å². The molecule has 1 atom stereocenters. The lowest BCUT2D eigenvalue weighted by Crippen LogP contribution is -2.35. The number of rotatable bonds is 6. The third-order valence-electron chi connectivity index (χ3n) is 11.5. The van der Waals surface area contributed by atoms with Crippen molar-refractivity contribution in [2.75, 3.05) is 0 Å². The summed E-state index contributed by atoms with van der Waals surface area (Å²) < 4.78 is 2.47. The van der Waals surface area contributed by atoms with Crippen LogP contribution in [0.15, 0.2) is 212 Å². The van der Waals surface area contributed by atoms with E-state index in [1.807, 2.05) is 6.07 Å². The first-order valence-electron chi connectivity index (χ1n) is 19.2. The van der Waals surface area contributed by atoms with Crippen LogP contribution in [0.2, 0.25) is 0 Å². The van der Waals surface area contributed by atoms with Gasteiger partial charge >= 0.3 is 0 Å². The monoisotopic (exact) mass is 713 g/mol. The van der Waals surface area contributed by atoms with Crippen LogP contribution in [0, 0.1) is 0 Å². The van der Waals surface area contributed by atoms with Gasteiger partial charge in [0.25, 0.3) is 0 Å². The number of aromatic nitrogens is 3. The minimum Gasteiger partial charge on any atom is -0.309 e. The molecule has 1 aliphatic rings. The predicted octanol–water partition coefficient (Wildman–Crippen LogP) is 12.9. The van der Waals surface area contributed by atoms with Crippen molar-refractivity contribution in [3.05, 3.63) is 235 Å². The number of benzene rings is 8. The number of nitrogens with zero attached hydrogens (tertiary/aromatic N) is 3. The van der Waals surface area contributed by atoms with Gasteiger partial charge in [0.1, 0.15) is 0 Å². The Morgan fingerprint density at radius 1 is 0.357 bits per heavy atom. The molecule has 3 heterocycles. The summed E-state index contributed by atoms with van der Waals surface area (Å²) in [5.74, 6) is 0.690. The van der Waals surface area contributed by atoms with E-state index in [1.165, 1.54) is 60.9 Å². The van der Waals surface area contributed by atoms with Crippen molar-refractivity contribution < 1.29 is 0 Å². The van der Waals surface area contributed by atoms with Crippen molar-refractivity contribution in [3.8, 4) is 50.7 Å². The first-order valence-corrected chi connectivity index (χ1v) is 19.2. The molecule has 0 spiro atoms. The lowest BCUT2D eigenvalue weighted by atomic mass is 9.63. The van der Waals surface area contributed by atoms with Gasteiger partial charge in [-0.2, -0.15) is 0 Å². The normalized spacial score (nSPS) is 14.5. The molecule has 1 unspecified atom stereocenters. The highest BCUT2D eigenvalue weighted by molar-refractivity contribution is 6.12. The maximum Gasteiger partial charge on any atom is 0.160 e. The van der Waals surface area contributed by atoms with Gasteiger partial charge in [0.05, 0.1) is 33.5 Å². The first-order chi connectivity index (χ1) is 27.8. The van der Waals surface area contributed by atoms with Gasteiger partial charge < -0.3 is 4.57 Å². The standard InChI is InChI=1S/C53H35N3/c1-4-16-36(17-5-1)37-30-32-39(33-31-37)48-35-47(38-18-6-2-7-19-38)54-52(55-48)40-20-14-23-42(34-40)53(41-21-8-3-9-22-41)45-26-11-13-29-50(45)56-49-28-12-10-24-43(49)44-25-15-27-46(53)51(44)56/h1-35H. The van der Waals surface area contributed by atoms with Crippen LogP contribution in [0.4, 0.5) is 0 Å². The van der Waals surface area contributed by atoms with Gasteiger partial charge in [0, 0.05) is 27.5 Å². The average Bonchev–Trinajstić information content (AvgIpc) is 3.63. The Morgan fingerprint density at radius 3 is 1.64 bits per heavy atom. The van der Waals surface area contributed by atoms with E-state index in [9.17, 15) is 0 Å². The van der Waals surface area contributed by atoms with Gasteiger partial charge in [-0.3, -0.25) is 0 Å². The molecule has 0 N–H and O–H groups in total. The topological polar surface area (TPSA) is 30.7 Å². The fraction of sp³-hybridized carbons (Fsp3) is 0.0189. The number of hydrogen-bond acceptors (Lipinski definition) is 2. The molecule has 2 aromatic heterocycles. The van der Waals surface area contributed by atoms with Crippen molar-refractivity contribution in [2.24, 2.45) is 0 Å². The Labute approximate surface area is 325 Å². The lowest BCUT2D eigenvalue weighted by molar-refractivity contribution is 0.728. The van der Waals surface area contributed by atoms with Crippen molar-refractivity contribution in [3.63, 3.8) is 0 Å². The lowest BCUT2D eigenvalue weighted by Gasteiger charge is -2.41.